The SMILES string of the molecule is NC(=O)/C(=C/N[C@H]1CCCC[C@@H]1C1=NC1)C(N)=Nc1ccc(S(=O)(=O)C(F)(F)F)cc1. The zero-order valence-electron chi connectivity index (χ0n) is 16.4. The van der Waals surface area contributed by atoms with Crippen molar-refractivity contribution in [2.24, 2.45) is 27.4 Å². The Kier molecular flexibility index (Phi) is 6.39. The summed E-state index contributed by atoms with van der Waals surface area (Å²) in [5.41, 5.74) is 7.01. The highest BCUT2D eigenvalue weighted by molar-refractivity contribution is 7.92. The van der Waals surface area contributed by atoms with Crippen molar-refractivity contribution >= 4 is 33.0 Å². The van der Waals surface area contributed by atoms with Gasteiger partial charge in [-0.05, 0) is 37.1 Å². The molecule has 2 atom stereocenters. The number of amides is 1. The number of primary amides is 1. The molecule has 0 bridgehead atoms. The van der Waals surface area contributed by atoms with Crippen LogP contribution in [0.3, 0.4) is 0 Å². The molecule has 12 heteroatoms. The maximum absolute atomic E-state index is 12.6. The number of nitrogens with zero attached hydrogens (tertiary/aromatic N) is 2. The normalized spacial score (nSPS) is 22.6. The van der Waals surface area contributed by atoms with Crippen molar-refractivity contribution in [3.8, 4) is 0 Å². The molecule has 1 amide bonds. The second-order valence-corrected chi connectivity index (χ2v) is 9.28. The van der Waals surface area contributed by atoms with Crippen LogP contribution in [0.4, 0.5) is 18.9 Å². The Bertz CT molecular complexity index is 1050. The second kappa shape index (κ2) is 8.69. The number of benzene rings is 1. The third-order valence-electron chi connectivity index (χ3n) is 5.22. The van der Waals surface area contributed by atoms with Crippen LogP contribution in [0.2, 0.25) is 0 Å². The number of nitrogens with one attached hydrogen (secondary N) is 1. The first-order chi connectivity index (χ1) is 14.5. The number of nitrogens with two attached hydrogens (primary N) is 2. The molecule has 1 saturated carbocycles. The number of sulfone groups is 1. The number of alkyl halides is 3. The summed E-state index contributed by atoms with van der Waals surface area (Å²) in [4.78, 5) is 19.2. The fourth-order valence-corrected chi connectivity index (χ4v) is 4.27. The maximum atomic E-state index is 12.6. The molecule has 1 aliphatic heterocycles. The first kappa shape index (κ1) is 22.8. The fraction of sp³-hybridized carbons (Fsp3) is 0.421. The molecule has 0 radical (unpaired) electrons. The molecular weight excluding hydrogens is 435 g/mol. The van der Waals surface area contributed by atoms with E-state index in [1.165, 1.54) is 6.20 Å². The highest BCUT2D eigenvalue weighted by Gasteiger charge is 2.46. The van der Waals surface area contributed by atoms with Crippen LogP contribution in [0.5, 0.6) is 0 Å². The Hall–Kier alpha value is -2.89. The van der Waals surface area contributed by atoms with E-state index in [0.717, 1.165) is 62.2 Å². The lowest BCUT2D eigenvalue weighted by Gasteiger charge is -2.29. The van der Waals surface area contributed by atoms with Gasteiger partial charge >= 0.3 is 5.51 Å². The molecule has 8 nitrogen and oxygen atoms in total. The van der Waals surface area contributed by atoms with Crippen LogP contribution in [0.15, 0.2) is 50.9 Å². The van der Waals surface area contributed by atoms with Gasteiger partial charge in [0.1, 0.15) is 5.84 Å². The number of rotatable bonds is 7. The molecule has 5 N–H and O–H groups in total. The number of carbonyl (C=O) groups is 1. The summed E-state index contributed by atoms with van der Waals surface area (Å²) in [6.45, 7) is 0.763. The molecule has 3 rings (SSSR count). The third-order valence-corrected chi connectivity index (χ3v) is 6.72. The predicted octanol–water partition coefficient (Wildman–Crippen LogP) is 1.94. The highest BCUT2D eigenvalue weighted by atomic mass is 32.2. The van der Waals surface area contributed by atoms with E-state index in [1.54, 1.807) is 0 Å². The van der Waals surface area contributed by atoms with Crippen molar-refractivity contribution in [3.63, 3.8) is 0 Å². The van der Waals surface area contributed by atoms with Crippen molar-refractivity contribution in [3.05, 3.63) is 36.0 Å². The molecule has 1 aromatic rings. The van der Waals surface area contributed by atoms with Gasteiger partial charge < -0.3 is 16.8 Å². The average Bonchev–Trinajstić information content (AvgIpc) is 3.53. The van der Waals surface area contributed by atoms with Gasteiger partial charge in [0, 0.05) is 23.9 Å². The van der Waals surface area contributed by atoms with Gasteiger partial charge in [0.15, 0.2) is 0 Å². The summed E-state index contributed by atoms with van der Waals surface area (Å²) in [7, 11) is -5.46. The van der Waals surface area contributed by atoms with E-state index < -0.39 is 26.1 Å². The van der Waals surface area contributed by atoms with Gasteiger partial charge in [-0.15, -0.1) is 0 Å². The van der Waals surface area contributed by atoms with Gasteiger partial charge in [0.2, 0.25) is 0 Å². The first-order valence-corrected chi connectivity index (χ1v) is 11.0. The van der Waals surface area contributed by atoms with E-state index in [-0.39, 0.29) is 23.1 Å². The molecule has 0 aromatic heterocycles. The van der Waals surface area contributed by atoms with Gasteiger partial charge in [0.25, 0.3) is 15.7 Å². The number of amidine groups is 1. The van der Waals surface area contributed by atoms with E-state index in [0.29, 0.717) is 5.92 Å². The van der Waals surface area contributed by atoms with Crippen LogP contribution in [0.1, 0.15) is 25.7 Å². The molecule has 1 fully saturated rings. The summed E-state index contributed by atoms with van der Waals surface area (Å²) >= 11 is 0. The van der Waals surface area contributed by atoms with Crippen molar-refractivity contribution in [2.75, 3.05) is 6.54 Å². The topological polar surface area (TPSA) is 140 Å². The van der Waals surface area contributed by atoms with E-state index in [9.17, 15) is 26.4 Å². The van der Waals surface area contributed by atoms with Crippen molar-refractivity contribution in [1.29, 1.82) is 0 Å². The Morgan fingerprint density at radius 3 is 2.32 bits per heavy atom. The fourth-order valence-electron chi connectivity index (χ4n) is 3.50. The number of halogens is 3. The number of carbonyl (C=O) groups excluding carboxylic acids is 1. The quantitative estimate of drug-likeness (QED) is 0.326. The summed E-state index contributed by atoms with van der Waals surface area (Å²) in [5.74, 6) is -0.788. The molecular formula is C19H22F3N5O3S. The standard InChI is InChI=1S/C19H22F3N5O3S/c20-19(21,22)31(29,30)12-7-5-11(6-8-12)27-17(23)14(18(24)28)9-25-15-4-2-1-3-13(15)16-10-26-16/h5-9,13,15,25H,1-4,10H2,(H2,23,27)(H2,24,28)/b14-9+/t13-,15-/m0/s1. The molecule has 168 valence electrons. The van der Waals surface area contributed by atoms with Crippen LogP contribution in [-0.2, 0) is 14.6 Å². The van der Waals surface area contributed by atoms with E-state index >= 15 is 0 Å². The van der Waals surface area contributed by atoms with Gasteiger partial charge in [0.05, 0.1) is 22.7 Å². The lowest BCUT2D eigenvalue weighted by Crippen LogP contribution is -2.39. The summed E-state index contributed by atoms with van der Waals surface area (Å²) in [5, 5.41) is 3.18. The minimum Gasteiger partial charge on any atom is -0.387 e. The zero-order valence-corrected chi connectivity index (χ0v) is 17.2. The van der Waals surface area contributed by atoms with E-state index in [2.05, 4.69) is 15.3 Å². The van der Waals surface area contributed by atoms with Crippen molar-refractivity contribution in [2.45, 2.75) is 42.1 Å². The lowest BCUT2D eigenvalue weighted by atomic mass is 9.83. The molecule has 0 saturated heterocycles. The summed E-state index contributed by atoms with van der Waals surface area (Å²) in [6, 6.07) is 3.73. The van der Waals surface area contributed by atoms with Crippen molar-refractivity contribution < 1.29 is 26.4 Å². The third kappa shape index (κ3) is 5.24. The Balaban J connectivity index is 1.78. The van der Waals surface area contributed by atoms with Crippen LogP contribution >= 0.6 is 0 Å². The number of hydrogen-bond donors (Lipinski definition) is 3. The van der Waals surface area contributed by atoms with Crippen LogP contribution in [0, 0.1) is 5.92 Å². The molecule has 1 aliphatic carbocycles. The maximum Gasteiger partial charge on any atom is 0.501 e. The first-order valence-electron chi connectivity index (χ1n) is 9.56. The van der Waals surface area contributed by atoms with Gasteiger partial charge in [-0.25, -0.2) is 13.4 Å². The number of hydrogen-bond acceptors (Lipinski definition) is 6. The molecule has 1 aromatic carbocycles. The van der Waals surface area contributed by atoms with E-state index in [1.807, 2.05) is 0 Å². The predicted molar refractivity (Wildman–Crippen MR) is 109 cm³/mol. The van der Waals surface area contributed by atoms with Crippen molar-refractivity contribution in [1.82, 2.24) is 5.32 Å². The number of aliphatic imine (C=N–C) groups is 2. The van der Waals surface area contributed by atoms with Gasteiger partial charge in [-0.2, -0.15) is 13.2 Å². The second-order valence-electron chi connectivity index (χ2n) is 7.33. The molecule has 0 unspecified atom stereocenters. The zero-order chi connectivity index (χ0) is 22.8. The van der Waals surface area contributed by atoms with Gasteiger partial charge in [-0.3, -0.25) is 9.79 Å². The monoisotopic (exact) mass is 457 g/mol. The minimum absolute atomic E-state index is 0.0636. The van der Waals surface area contributed by atoms with Crippen LogP contribution in [0.25, 0.3) is 0 Å². The smallest absolute Gasteiger partial charge is 0.387 e. The average molecular weight is 457 g/mol. The summed E-state index contributed by atoms with van der Waals surface area (Å²) in [6.07, 6.45) is 5.46. The Morgan fingerprint density at radius 2 is 1.77 bits per heavy atom. The Morgan fingerprint density at radius 1 is 1.16 bits per heavy atom. The molecule has 2 aliphatic rings. The van der Waals surface area contributed by atoms with E-state index in [4.69, 9.17) is 11.5 Å². The molecule has 31 heavy (non-hydrogen) atoms. The highest BCUT2D eigenvalue weighted by Crippen LogP contribution is 2.31. The summed E-state index contributed by atoms with van der Waals surface area (Å²) < 4.78 is 60.8. The van der Waals surface area contributed by atoms with Crippen LogP contribution in [-0.4, -0.2) is 44.0 Å². The largest absolute Gasteiger partial charge is 0.501 e. The van der Waals surface area contributed by atoms with Crippen LogP contribution < -0.4 is 16.8 Å². The lowest BCUT2D eigenvalue weighted by molar-refractivity contribution is -0.114. The molecule has 0 spiro atoms. The minimum atomic E-state index is -5.46. The van der Waals surface area contributed by atoms with Gasteiger partial charge in [-0.1, -0.05) is 12.8 Å². The molecule has 1 heterocycles. The Labute approximate surface area is 177 Å².